The second-order valence-corrected chi connectivity index (χ2v) is 16.7. The number of nitrogens with two attached hydrogens (primary N) is 1. The van der Waals surface area contributed by atoms with Crippen LogP contribution in [0.15, 0.2) is 57.9 Å². The molecule has 1 saturated heterocycles. The van der Waals surface area contributed by atoms with Crippen LogP contribution in [-0.2, 0) is 35.9 Å². The Balaban J connectivity index is 1.66. The van der Waals surface area contributed by atoms with Gasteiger partial charge in [0, 0.05) is 17.9 Å². The zero-order chi connectivity index (χ0) is 39.4. The SMILES string of the molecule is C=C(C)[C@@H]1CCC(C)=C[C@H]1c1c(O)cc(CCCCC)cc1OC(=S)SC1[C@H](NC(=O)/C(=N\OC(C)(C)C(=O)O)C2=CCC(N)=N2)C(=O)N1S(=O)(=O)O. The normalized spacial score (nSPS) is 21.9. The zero-order valence-corrected chi connectivity index (χ0v) is 32.6. The number of carbonyl (C=O) groups is 3. The quantitative estimate of drug-likeness (QED) is 0.0304. The Morgan fingerprint density at radius 1 is 1.28 bits per heavy atom. The number of hydrogen-bond donors (Lipinski definition) is 5. The van der Waals surface area contributed by atoms with E-state index in [4.69, 9.17) is 27.5 Å². The Kier molecular flexibility index (Phi) is 13.2. The van der Waals surface area contributed by atoms with Gasteiger partial charge in [-0.15, -0.1) is 0 Å². The Bertz CT molecular complexity index is 1920. The number of benzene rings is 1. The number of carboxylic acids is 1. The number of aromatic hydroxyl groups is 1. The summed E-state index contributed by atoms with van der Waals surface area (Å²) in [6.45, 7) is 12.6. The lowest BCUT2D eigenvalue weighted by molar-refractivity contribution is -0.161. The molecule has 1 aliphatic carbocycles. The van der Waals surface area contributed by atoms with Crippen LogP contribution in [0.4, 0.5) is 0 Å². The number of allylic oxidation sites excluding steroid dienone is 3. The number of amidine groups is 1. The summed E-state index contributed by atoms with van der Waals surface area (Å²) in [6, 6.07) is 1.89. The molecule has 0 bridgehead atoms. The maximum Gasteiger partial charge on any atom is 0.363 e. The van der Waals surface area contributed by atoms with E-state index in [9.17, 15) is 37.6 Å². The number of β-lactam (4-membered cyclic amide) rings is 1. The molecule has 288 valence electrons. The van der Waals surface area contributed by atoms with Gasteiger partial charge in [-0.1, -0.05) is 48.7 Å². The van der Waals surface area contributed by atoms with Gasteiger partial charge in [0.05, 0.1) is 5.70 Å². The summed E-state index contributed by atoms with van der Waals surface area (Å²) >= 11 is 6.14. The summed E-state index contributed by atoms with van der Waals surface area (Å²) in [6.07, 6.45) is 8.75. The van der Waals surface area contributed by atoms with Crippen LogP contribution >= 0.6 is 24.0 Å². The third-order valence-electron chi connectivity index (χ3n) is 9.01. The van der Waals surface area contributed by atoms with Crippen molar-refractivity contribution in [1.29, 1.82) is 0 Å². The molecule has 2 heterocycles. The fourth-order valence-electron chi connectivity index (χ4n) is 6.07. The van der Waals surface area contributed by atoms with Crippen LogP contribution in [0.1, 0.15) is 90.2 Å². The number of aryl methyl sites for hydroxylation is 1. The van der Waals surface area contributed by atoms with Gasteiger partial charge in [-0.2, -0.15) is 12.7 Å². The Hall–Kier alpha value is -4.26. The molecule has 18 heteroatoms. The van der Waals surface area contributed by atoms with E-state index in [1.54, 1.807) is 12.1 Å². The molecule has 1 fully saturated rings. The first-order chi connectivity index (χ1) is 24.7. The minimum absolute atomic E-state index is 0.00264. The van der Waals surface area contributed by atoms with Crippen LogP contribution in [0, 0.1) is 5.92 Å². The number of aliphatic carboxylic acids is 1. The molecule has 1 aromatic carbocycles. The molecule has 2 amide bonds. The number of aliphatic imine (C=N–C) groups is 1. The number of unbranched alkanes of at least 4 members (excludes halogenated alkanes) is 2. The van der Waals surface area contributed by atoms with Crippen LogP contribution in [0.5, 0.6) is 11.5 Å². The van der Waals surface area contributed by atoms with E-state index in [1.165, 1.54) is 19.9 Å². The molecule has 0 spiro atoms. The summed E-state index contributed by atoms with van der Waals surface area (Å²) in [5, 5.41) is 25.4. The number of oxime groups is 1. The third kappa shape index (κ3) is 9.84. The second-order valence-electron chi connectivity index (χ2n) is 13.7. The fourth-order valence-corrected chi connectivity index (χ4v) is 8.49. The van der Waals surface area contributed by atoms with Crippen molar-refractivity contribution in [2.24, 2.45) is 21.8 Å². The summed E-state index contributed by atoms with van der Waals surface area (Å²) in [5.74, 6) is -3.64. The average molecular weight is 792 g/mol. The first-order valence-corrected chi connectivity index (χ1v) is 19.6. The van der Waals surface area contributed by atoms with Crippen LogP contribution < -0.4 is 15.8 Å². The van der Waals surface area contributed by atoms with E-state index >= 15 is 0 Å². The highest BCUT2D eigenvalue weighted by Gasteiger charge is 2.55. The molecular weight excluding hydrogens is 747 g/mol. The van der Waals surface area contributed by atoms with E-state index < -0.39 is 50.8 Å². The van der Waals surface area contributed by atoms with Gasteiger partial charge < -0.3 is 30.8 Å². The molecule has 0 saturated carbocycles. The van der Waals surface area contributed by atoms with Crippen molar-refractivity contribution in [2.75, 3.05) is 0 Å². The predicted octanol–water partition coefficient (Wildman–Crippen LogP) is 4.87. The molecule has 0 aromatic heterocycles. The minimum Gasteiger partial charge on any atom is -0.507 e. The Morgan fingerprint density at radius 3 is 2.57 bits per heavy atom. The number of hydrogen-bond acceptors (Lipinski definition) is 13. The number of phenolic OH excluding ortho intramolecular Hbond substituents is 1. The van der Waals surface area contributed by atoms with Gasteiger partial charge in [0.1, 0.15) is 28.8 Å². The number of nitrogens with zero attached hydrogens (tertiary/aromatic N) is 3. The molecule has 15 nitrogen and oxygen atoms in total. The van der Waals surface area contributed by atoms with Crippen molar-refractivity contribution in [3.63, 3.8) is 0 Å². The molecule has 1 unspecified atom stereocenters. The van der Waals surface area contributed by atoms with Crippen LogP contribution in [0.2, 0.25) is 0 Å². The van der Waals surface area contributed by atoms with Gasteiger partial charge in [0.25, 0.3) is 11.8 Å². The molecular formula is C35H45N5O10S3. The van der Waals surface area contributed by atoms with Crippen molar-refractivity contribution in [3.05, 3.63) is 58.8 Å². The number of carbonyl (C=O) groups excluding carboxylic acids is 2. The van der Waals surface area contributed by atoms with Gasteiger partial charge >= 0.3 is 16.3 Å². The number of nitrogens with one attached hydrogen (secondary N) is 1. The molecule has 4 rings (SSSR count). The first kappa shape index (κ1) is 41.5. The van der Waals surface area contributed by atoms with Crippen molar-refractivity contribution >= 4 is 68.0 Å². The van der Waals surface area contributed by atoms with Crippen molar-refractivity contribution < 1.29 is 47.1 Å². The molecule has 3 aliphatic rings. The summed E-state index contributed by atoms with van der Waals surface area (Å²) in [4.78, 5) is 47.4. The molecule has 0 radical (unpaired) electrons. The van der Waals surface area contributed by atoms with E-state index in [0.717, 1.165) is 48.8 Å². The van der Waals surface area contributed by atoms with Gasteiger partial charge in [-0.3, -0.25) is 14.1 Å². The Morgan fingerprint density at radius 2 is 1.98 bits per heavy atom. The average Bonchev–Trinajstić information content (AvgIpc) is 3.48. The Labute approximate surface area is 318 Å². The first-order valence-electron chi connectivity index (χ1n) is 17.0. The number of thioether (sulfide) groups is 1. The largest absolute Gasteiger partial charge is 0.507 e. The number of thiocarbonyl (C=S) groups is 1. The van der Waals surface area contributed by atoms with Gasteiger partial charge in [0.15, 0.2) is 5.71 Å². The minimum atomic E-state index is -5.14. The molecule has 1 aromatic rings. The van der Waals surface area contributed by atoms with Crippen molar-refractivity contribution in [1.82, 2.24) is 9.62 Å². The highest BCUT2D eigenvalue weighted by atomic mass is 32.2. The number of rotatable bonds is 15. The third-order valence-corrected chi connectivity index (χ3v) is 11.4. The molecule has 2 aliphatic heterocycles. The number of phenols is 1. The van der Waals surface area contributed by atoms with Gasteiger partial charge in [0.2, 0.25) is 9.98 Å². The molecule has 53 heavy (non-hydrogen) atoms. The van der Waals surface area contributed by atoms with Crippen molar-refractivity contribution in [2.45, 2.75) is 102 Å². The lowest BCUT2D eigenvalue weighted by atomic mass is 9.73. The number of ether oxygens (including phenoxy) is 1. The van der Waals surface area contributed by atoms with E-state index in [0.29, 0.717) is 23.7 Å². The summed E-state index contributed by atoms with van der Waals surface area (Å²) in [7, 11) is -5.14. The van der Waals surface area contributed by atoms with Crippen LogP contribution in [0.3, 0.4) is 0 Å². The summed E-state index contributed by atoms with van der Waals surface area (Å²) < 4.78 is 40.7. The topological polar surface area (TPSA) is 231 Å². The lowest BCUT2D eigenvalue weighted by Gasteiger charge is -2.43. The number of amides is 2. The lowest BCUT2D eigenvalue weighted by Crippen LogP contribution is -2.71. The maximum absolute atomic E-state index is 13.5. The highest BCUT2D eigenvalue weighted by molar-refractivity contribution is 8.23. The molecule has 6 N–H and O–H groups in total. The predicted molar refractivity (Wildman–Crippen MR) is 205 cm³/mol. The van der Waals surface area contributed by atoms with Crippen LogP contribution in [0.25, 0.3) is 0 Å². The number of carboxylic acid groups (broad SMARTS) is 1. The second kappa shape index (κ2) is 16.8. The van der Waals surface area contributed by atoms with E-state index in [-0.39, 0.29) is 50.0 Å². The van der Waals surface area contributed by atoms with Crippen molar-refractivity contribution in [3.8, 4) is 11.5 Å². The van der Waals surface area contributed by atoms with E-state index in [1.807, 2.05) is 13.8 Å². The zero-order valence-electron chi connectivity index (χ0n) is 30.1. The highest BCUT2D eigenvalue weighted by Crippen LogP contribution is 2.47. The van der Waals surface area contributed by atoms with E-state index in [2.05, 4.69) is 35.0 Å². The monoisotopic (exact) mass is 791 g/mol. The smallest absolute Gasteiger partial charge is 0.363 e. The fraction of sp³-hybridized carbons (Fsp3) is 0.486. The summed E-state index contributed by atoms with van der Waals surface area (Å²) in [5.41, 5.74) is 6.58. The standard InChI is InChI=1S/C35H45N5O10S3/c1-7-8-9-10-20-16-24(41)27(22-15-19(4)11-12-21(22)18(2)3)25(17-20)49-34(51)52-32-29(31(43)40(32)53(46,47)48)38-30(42)28(23-13-14-26(36)37-23)39-50-35(5,6)33(44)45/h13,15-17,21-22,29,32,41H,2,7-12,14H2,1,3-6H3,(H2,36,37)(H,38,42)(H,44,45)(H,46,47,48)/b39-28-/t21-,22+,29+,32?/m0/s1. The van der Waals surface area contributed by atoms with Gasteiger partial charge in [-0.05, 0) is 107 Å². The maximum atomic E-state index is 13.5. The van der Waals surface area contributed by atoms with Gasteiger partial charge in [-0.25, -0.2) is 9.79 Å². The van der Waals surface area contributed by atoms with Crippen LogP contribution in [-0.4, -0.2) is 78.2 Å². The molecule has 4 atom stereocenters.